The number of amides is 3. The van der Waals surface area contributed by atoms with Gasteiger partial charge in [0, 0.05) is 5.69 Å². The van der Waals surface area contributed by atoms with E-state index in [4.69, 9.17) is 4.74 Å². The molecule has 1 aliphatic rings. The van der Waals surface area contributed by atoms with E-state index in [1.54, 1.807) is 30.3 Å². The molecule has 2 aromatic rings. The van der Waals surface area contributed by atoms with Crippen molar-refractivity contribution in [1.82, 2.24) is 4.90 Å². The number of carbonyl (C=O) groups is 4. The van der Waals surface area contributed by atoms with Gasteiger partial charge in [-0.15, -0.1) is 0 Å². The molecule has 1 N–H and O–H groups in total. The van der Waals surface area contributed by atoms with Crippen LogP contribution in [-0.2, 0) is 14.3 Å². The fourth-order valence-electron chi connectivity index (χ4n) is 3.49. The number of nitrogens with zero attached hydrogens (tertiary/aromatic N) is 1. The third kappa shape index (κ3) is 4.35. The van der Waals surface area contributed by atoms with Crippen molar-refractivity contribution in [3.63, 3.8) is 0 Å². The predicted molar refractivity (Wildman–Crippen MR) is 116 cm³/mol. The summed E-state index contributed by atoms with van der Waals surface area (Å²) >= 11 is 0. The maximum Gasteiger partial charge on any atom is 0.329 e. The molecule has 0 saturated heterocycles. The highest BCUT2D eigenvalue weighted by Crippen LogP contribution is 2.27. The second kappa shape index (κ2) is 9.12. The van der Waals surface area contributed by atoms with Gasteiger partial charge >= 0.3 is 5.97 Å². The zero-order valence-corrected chi connectivity index (χ0v) is 18.0. The Kier molecular flexibility index (Phi) is 6.53. The van der Waals surface area contributed by atoms with E-state index in [0.29, 0.717) is 5.69 Å². The summed E-state index contributed by atoms with van der Waals surface area (Å²) in [5, 5.41) is 2.81. The number of fused-ring (bicyclic) bond motifs is 1. The number of para-hydroxylation sites is 1. The van der Waals surface area contributed by atoms with Gasteiger partial charge in [-0.25, -0.2) is 4.79 Å². The number of hydrogen-bond acceptors (Lipinski definition) is 5. The third-order valence-electron chi connectivity index (χ3n) is 5.58. The van der Waals surface area contributed by atoms with Crippen LogP contribution in [-0.4, -0.2) is 40.7 Å². The van der Waals surface area contributed by atoms with Crippen molar-refractivity contribution in [3.05, 3.63) is 65.2 Å². The Balaban J connectivity index is 1.67. The van der Waals surface area contributed by atoms with E-state index in [1.807, 2.05) is 18.2 Å². The Morgan fingerprint density at radius 3 is 2.06 bits per heavy atom. The lowest BCUT2D eigenvalue weighted by molar-refractivity contribution is -0.156. The Labute approximate surface area is 181 Å². The van der Waals surface area contributed by atoms with E-state index in [0.717, 1.165) is 16.9 Å². The molecule has 31 heavy (non-hydrogen) atoms. The number of hydrogen-bond donors (Lipinski definition) is 1. The van der Waals surface area contributed by atoms with Gasteiger partial charge in [0.1, 0.15) is 6.04 Å². The number of ether oxygens (including phenoxy) is 1. The summed E-state index contributed by atoms with van der Waals surface area (Å²) in [5.74, 6) is -2.16. The molecule has 0 spiro atoms. The molecule has 0 fully saturated rings. The predicted octanol–water partition coefficient (Wildman–Crippen LogP) is 3.76. The van der Waals surface area contributed by atoms with Crippen LogP contribution in [0.3, 0.4) is 0 Å². The summed E-state index contributed by atoms with van der Waals surface area (Å²) in [6.07, 6.45) is -0.190. The van der Waals surface area contributed by atoms with Crippen molar-refractivity contribution in [1.29, 1.82) is 0 Å². The topological polar surface area (TPSA) is 92.8 Å². The number of carbonyl (C=O) groups excluding carboxylic acids is 4. The minimum absolute atomic E-state index is 0.250. The number of imide groups is 1. The highest BCUT2D eigenvalue weighted by molar-refractivity contribution is 6.22. The van der Waals surface area contributed by atoms with E-state index in [9.17, 15) is 19.2 Å². The van der Waals surface area contributed by atoms with Crippen molar-refractivity contribution < 1.29 is 23.9 Å². The molecule has 0 saturated carbocycles. The minimum Gasteiger partial charge on any atom is -0.451 e. The summed E-state index contributed by atoms with van der Waals surface area (Å²) in [6, 6.07) is 12.7. The fourth-order valence-corrected chi connectivity index (χ4v) is 3.49. The van der Waals surface area contributed by atoms with Gasteiger partial charge in [0.15, 0.2) is 6.10 Å². The molecule has 3 rings (SSSR count). The molecule has 0 bridgehead atoms. The van der Waals surface area contributed by atoms with Crippen LogP contribution in [0.15, 0.2) is 48.5 Å². The summed E-state index contributed by atoms with van der Waals surface area (Å²) in [6.45, 7) is 6.99. The standard InChI is InChI=1S/C24H26N2O5/c1-5-14(2)17-10-8-9-13-20(17)25-21(27)16(4)31-24(30)15(3)26-22(28)18-11-6-7-12-19(18)23(26)29/h6-16H,5H2,1-4H3,(H,25,27)/t14-,15-,16-/m1/s1. The van der Waals surface area contributed by atoms with Crippen LogP contribution in [0.25, 0.3) is 0 Å². The van der Waals surface area contributed by atoms with E-state index >= 15 is 0 Å². The third-order valence-corrected chi connectivity index (χ3v) is 5.58. The maximum atomic E-state index is 12.6. The molecular formula is C24H26N2O5. The van der Waals surface area contributed by atoms with E-state index < -0.39 is 35.8 Å². The molecule has 7 nitrogen and oxygen atoms in total. The molecule has 0 radical (unpaired) electrons. The molecule has 0 unspecified atom stereocenters. The number of esters is 1. The van der Waals surface area contributed by atoms with Gasteiger partial charge in [0.2, 0.25) is 0 Å². The Morgan fingerprint density at radius 1 is 0.935 bits per heavy atom. The first kappa shape index (κ1) is 22.2. The van der Waals surface area contributed by atoms with Crippen LogP contribution >= 0.6 is 0 Å². The molecule has 1 aliphatic heterocycles. The molecule has 162 valence electrons. The lowest BCUT2D eigenvalue weighted by Gasteiger charge is -2.23. The lowest BCUT2D eigenvalue weighted by atomic mass is 9.97. The maximum absolute atomic E-state index is 12.6. The summed E-state index contributed by atoms with van der Waals surface area (Å²) in [4.78, 5) is 51.2. The van der Waals surface area contributed by atoms with Gasteiger partial charge in [-0.2, -0.15) is 0 Å². The molecular weight excluding hydrogens is 396 g/mol. The summed E-state index contributed by atoms with van der Waals surface area (Å²) in [7, 11) is 0. The Morgan fingerprint density at radius 2 is 1.48 bits per heavy atom. The number of anilines is 1. The fraction of sp³-hybridized carbons (Fsp3) is 0.333. The molecule has 1 heterocycles. The normalized spacial score (nSPS) is 15.8. The Hall–Kier alpha value is -3.48. The Bertz CT molecular complexity index is 997. The molecule has 0 aliphatic carbocycles. The first-order chi connectivity index (χ1) is 14.8. The second-order valence-electron chi connectivity index (χ2n) is 7.67. The van der Waals surface area contributed by atoms with E-state index in [1.165, 1.54) is 13.8 Å². The largest absolute Gasteiger partial charge is 0.451 e. The van der Waals surface area contributed by atoms with Crippen molar-refractivity contribution >= 4 is 29.4 Å². The number of rotatable bonds is 7. The smallest absolute Gasteiger partial charge is 0.329 e. The van der Waals surface area contributed by atoms with Gasteiger partial charge in [0.05, 0.1) is 11.1 Å². The number of benzene rings is 2. The molecule has 3 amide bonds. The van der Waals surface area contributed by atoms with Crippen molar-refractivity contribution in [2.24, 2.45) is 0 Å². The van der Waals surface area contributed by atoms with Crippen LogP contribution in [0.2, 0.25) is 0 Å². The van der Waals surface area contributed by atoms with Crippen molar-refractivity contribution in [2.75, 3.05) is 5.32 Å². The molecule has 3 atom stereocenters. The van der Waals surface area contributed by atoms with Gasteiger partial charge in [-0.05, 0) is 49.9 Å². The van der Waals surface area contributed by atoms with Crippen LogP contribution in [0, 0.1) is 0 Å². The quantitative estimate of drug-likeness (QED) is 0.542. The monoisotopic (exact) mass is 422 g/mol. The average Bonchev–Trinajstić information content (AvgIpc) is 3.03. The van der Waals surface area contributed by atoms with Crippen molar-refractivity contribution in [2.45, 2.75) is 52.2 Å². The van der Waals surface area contributed by atoms with Crippen LogP contribution in [0.1, 0.15) is 66.3 Å². The highest BCUT2D eigenvalue weighted by atomic mass is 16.5. The second-order valence-corrected chi connectivity index (χ2v) is 7.67. The molecule has 0 aromatic heterocycles. The van der Waals surface area contributed by atoms with E-state index in [-0.39, 0.29) is 17.0 Å². The van der Waals surface area contributed by atoms with Crippen molar-refractivity contribution in [3.8, 4) is 0 Å². The lowest BCUT2D eigenvalue weighted by Crippen LogP contribution is -2.45. The van der Waals surface area contributed by atoms with Gasteiger partial charge in [0.25, 0.3) is 17.7 Å². The average molecular weight is 422 g/mol. The summed E-state index contributed by atoms with van der Waals surface area (Å²) < 4.78 is 5.28. The first-order valence-corrected chi connectivity index (χ1v) is 10.3. The van der Waals surface area contributed by atoms with E-state index in [2.05, 4.69) is 19.2 Å². The highest BCUT2D eigenvalue weighted by Gasteiger charge is 2.41. The molecule has 7 heteroatoms. The molecule has 2 aromatic carbocycles. The van der Waals surface area contributed by atoms with Crippen LogP contribution < -0.4 is 5.32 Å². The summed E-state index contributed by atoms with van der Waals surface area (Å²) in [5.41, 5.74) is 2.16. The zero-order chi connectivity index (χ0) is 22.7. The van der Waals surface area contributed by atoms with Gasteiger partial charge in [-0.1, -0.05) is 44.2 Å². The zero-order valence-electron chi connectivity index (χ0n) is 18.0. The van der Waals surface area contributed by atoms with Crippen LogP contribution in [0.4, 0.5) is 5.69 Å². The van der Waals surface area contributed by atoms with Gasteiger partial charge < -0.3 is 10.1 Å². The minimum atomic E-state index is -1.16. The van der Waals surface area contributed by atoms with Gasteiger partial charge in [-0.3, -0.25) is 19.3 Å². The first-order valence-electron chi connectivity index (χ1n) is 10.3. The van der Waals surface area contributed by atoms with Crippen LogP contribution in [0.5, 0.6) is 0 Å². The SMILES string of the molecule is CC[C@@H](C)c1ccccc1NC(=O)[C@@H](C)OC(=O)[C@@H](C)N1C(=O)c2ccccc2C1=O. The number of nitrogens with one attached hydrogen (secondary N) is 1.